The van der Waals surface area contributed by atoms with Gasteiger partial charge in [0.05, 0.1) is 17.6 Å². The summed E-state index contributed by atoms with van der Waals surface area (Å²) in [7, 11) is 0. The second kappa shape index (κ2) is 4.04. The Kier molecular flexibility index (Phi) is 3.02. The van der Waals surface area contributed by atoms with E-state index in [-0.39, 0.29) is 0 Å². The van der Waals surface area contributed by atoms with Crippen LogP contribution < -0.4 is 5.73 Å². The van der Waals surface area contributed by atoms with E-state index in [2.05, 4.69) is 16.9 Å². The summed E-state index contributed by atoms with van der Waals surface area (Å²) in [4.78, 5) is 8.41. The third-order valence-corrected chi connectivity index (χ3v) is 1.82. The van der Waals surface area contributed by atoms with Crippen molar-refractivity contribution >= 4 is 5.69 Å². The first kappa shape index (κ1) is 8.97. The predicted octanol–water partition coefficient (Wildman–Crippen LogP) is 1.71. The van der Waals surface area contributed by atoms with Gasteiger partial charge in [-0.25, -0.2) is 9.97 Å². The molecule has 0 unspecified atom stereocenters. The van der Waals surface area contributed by atoms with Crippen molar-refractivity contribution in [1.82, 2.24) is 9.97 Å². The average molecular weight is 165 g/mol. The number of aromatic nitrogens is 2. The molecule has 0 radical (unpaired) electrons. The highest BCUT2D eigenvalue weighted by molar-refractivity contribution is 5.38. The van der Waals surface area contributed by atoms with Crippen LogP contribution in [0, 0.1) is 6.92 Å². The van der Waals surface area contributed by atoms with Crippen LogP contribution in [0.1, 0.15) is 31.3 Å². The van der Waals surface area contributed by atoms with Crippen molar-refractivity contribution in [2.24, 2.45) is 0 Å². The quantitative estimate of drug-likeness (QED) is 0.741. The van der Waals surface area contributed by atoms with Crippen LogP contribution in [0.15, 0.2) is 6.20 Å². The second-order valence-electron chi connectivity index (χ2n) is 2.93. The lowest BCUT2D eigenvalue weighted by Crippen LogP contribution is -2.00. The molecule has 3 heteroatoms. The summed E-state index contributed by atoms with van der Waals surface area (Å²) >= 11 is 0. The first-order chi connectivity index (χ1) is 5.74. The van der Waals surface area contributed by atoms with Crippen LogP contribution in [-0.2, 0) is 6.42 Å². The summed E-state index contributed by atoms with van der Waals surface area (Å²) in [6.07, 6.45) is 4.96. The van der Waals surface area contributed by atoms with Crippen molar-refractivity contribution in [2.45, 2.75) is 33.1 Å². The van der Waals surface area contributed by atoms with Gasteiger partial charge in [-0.2, -0.15) is 0 Å². The third kappa shape index (κ3) is 2.19. The van der Waals surface area contributed by atoms with Crippen molar-refractivity contribution in [2.75, 3.05) is 5.73 Å². The van der Waals surface area contributed by atoms with E-state index in [0.717, 1.165) is 24.4 Å². The number of anilines is 1. The Hall–Kier alpha value is -1.12. The van der Waals surface area contributed by atoms with Crippen LogP contribution in [0.25, 0.3) is 0 Å². The Morgan fingerprint density at radius 1 is 1.50 bits per heavy atom. The fraction of sp³-hybridized carbons (Fsp3) is 0.556. The van der Waals surface area contributed by atoms with E-state index in [4.69, 9.17) is 5.73 Å². The summed E-state index contributed by atoms with van der Waals surface area (Å²) in [5.74, 6) is 0.906. The molecule has 0 atom stereocenters. The molecule has 0 amide bonds. The smallest absolute Gasteiger partial charge is 0.128 e. The molecule has 3 nitrogen and oxygen atoms in total. The maximum Gasteiger partial charge on any atom is 0.128 e. The van der Waals surface area contributed by atoms with Crippen LogP contribution >= 0.6 is 0 Å². The van der Waals surface area contributed by atoms with Crippen LogP contribution in [0.5, 0.6) is 0 Å². The molecule has 0 saturated carbocycles. The van der Waals surface area contributed by atoms with Gasteiger partial charge in [-0.05, 0) is 13.3 Å². The number of hydrogen-bond donors (Lipinski definition) is 1. The molecule has 1 rings (SSSR count). The molecule has 0 aliphatic heterocycles. The van der Waals surface area contributed by atoms with Gasteiger partial charge in [0.1, 0.15) is 5.82 Å². The molecular weight excluding hydrogens is 150 g/mol. The molecule has 0 spiro atoms. The normalized spacial score (nSPS) is 10.2. The lowest BCUT2D eigenvalue weighted by atomic mass is 10.2. The first-order valence-corrected chi connectivity index (χ1v) is 4.32. The molecule has 0 aromatic carbocycles. The Balaban J connectivity index is 2.69. The Bertz CT molecular complexity index is 258. The minimum atomic E-state index is 0.676. The number of hydrogen-bond acceptors (Lipinski definition) is 3. The van der Waals surface area contributed by atoms with E-state index in [1.807, 2.05) is 6.92 Å². The topological polar surface area (TPSA) is 51.8 Å². The first-order valence-electron chi connectivity index (χ1n) is 4.32. The number of nitrogens with two attached hydrogens (primary N) is 1. The number of aryl methyl sites for hydroxylation is 2. The van der Waals surface area contributed by atoms with Gasteiger partial charge in [-0.3, -0.25) is 0 Å². The van der Waals surface area contributed by atoms with Crippen molar-refractivity contribution in [3.05, 3.63) is 17.7 Å². The molecule has 0 aliphatic rings. The van der Waals surface area contributed by atoms with Gasteiger partial charge in [0, 0.05) is 6.42 Å². The zero-order chi connectivity index (χ0) is 8.97. The van der Waals surface area contributed by atoms with E-state index >= 15 is 0 Å². The van der Waals surface area contributed by atoms with Gasteiger partial charge >= 0.3 is 0 Å². The number of unbranched alkanes of at least 4 members (excludes halogenated alkanes) is 1. The fourth-order valence-electron chi connectivity index (χ4n) is 0.980. The molecule has 0 bridgehead atoms. The van der Waals surface area contributed by atoms with E-state index < -0.39 is 0 Å². The van der Waals surface area contributed by atoms with Crippen LogP contribution in [-0.4, -0.2) is 9.97 Å². The summed E-state index contributed by atoms with van der Waals surface area (Å²) in [6, 6.07) is 0. The molecule has 0 fully saturated rings. The Morgan fingerprint density at radius 2 is 2.25 bits per heavy atom. The number of nitrogens with zero attached hydrogens (tertiary/aromatic N) is 2. The summed E-state index contributed by atoms with van der Waals surface area (Å²) < 4.78 is 0. The average Bonchev–Trinajstić information content (AvgIpc) is 2.07. The molecule has 1 aromatic heterocycles. The SMILES string of the molecule is CCCCc1ncc(N)c(C)n1. The van der Waals surface area contributed by atoms with Gasteiger partial charge < -0.3 is 5.73 Å². The summed E-state index contributed by atoms with van der Waals surface area (Å²) in [5.41, 5.74) is 7.15. The highest BCUT2D eigenvalue weighted by Crippen LogP contribution is 2.06. The lowest BCUT2D eigenvalue weighted by Gasteiger charge is -2.01. The standard InChI is InChI=1S/C9H15N3/c1-3-4-5-9-11-6-8(10)7(2)12-9/h6H,3-5,10H2,1-2H3. The minimum Gasteiger partial charge on any atom is -0.396 e. The molecule has 2 N–H and O–H groups in total. The molecule has 0 aliphatic carbocycles. The van der Waals surface area contributed by atoms with Gasteiger partial charge in [-0.15, -0.1) is 0 Å². The maximum atomic E-state index is 5.59. The van der Waals surface area contributed by atoms with Gasteiger partial charge in [0.2, 0.25) is 0 Å². The van der Waals surface area contributed by atoms with Crippen molar-refractivity contribution in [3.63, 3.8) is 0 Å². The monoisotopic (exact) mass is 165 g/mol. The van der Waals surface area contributed by atoms with Crippen molar-refractivity contribution in [3.8, 4) is 0 Å². The molecule has 1 heterocycles. The largest absolute Gasteiger partial charge is 0.396 e. The third-order valence-electron chi connectivity index (χ3n) is 1.82. The van der Waals surface area contributed by atoms with Crippen LogP contribution in [0.3, 0.4) is 0 Å². The molecule has 12 heavy (non-hydrogen) atoms. The minimum absolute atomic E-state index is 0.676. The number of rotatable bonds is 3. The maximum absolute atomic E-state index is 5.59. The van der Waals surface area contributed by atoms with Gasteiger partial charge in [0.25, 0.3) is 0 Å². The van der Waals surface area contributed by atoms with E-state index in [9.17, 15) is 0 Å². The summed E-state index contributed by atoms with van der Waals surface area (Å²) in [5, 5.41) is 0. The van der Waals surface area contributed by atoms with Crippen LogP contribution in [0.2, 0.25) is 0 Å². The fourth-order valence-corrected chi connectivity index (χ4v) is 0.980. The Morgan fingerprint density at radius 3 is 2.83 bits per heavy atom. The van der Waals surface area contributed by atoms with Crippen LogP contribution in [0.4, 0.5) is 5.69 Å². The van der Waals surface area contributed by atoms with Crippen molar-refractivity contribution in [1.29, 1.82) is 0 Å². The second-order valence-corrected chi connectivity index (χ2v) is 2.93. The van der Waals surface area contributed by atoms with E-state index in [1.54, 1.807) is 6.20 Å². The molecule has 66 valence electrons. The Labute approximate surface area is 73.0 Å². The van der Waals surface area contributed by atoms with Gasteiger partial charge in [-0.1, -0.05) is 13.3 Å². The van der Waals surface area contributed by atoms with Gasteiger partial charge in [0.15, 0.2) is 0 Å². The van der Waals surface area contributed by atoms with Crippen molar-refractivity contribution < 1.29 is 0 Å². The zero-order valence-corrected chi connectivity index (χ0v) is 7.67. The molecule has 1 aromatic rings. The highest BCUT2D eigenvalue weighted by Gasteiger charge is 1.98. The lowest BCUT2D eigenvalue weighted by molar-refractivity contribution is 0.749. The predicted molar refractivity (Wildman–Crippen MR) is 49.8 cm³/mol. The zero-order valence-electron chi connectivity index (χ0n) is 7.67. The highest BCUT2D eigenvalue weighted by atomic mass is 14.9. The summed E-state index contributed by atoms with van der Waals surface area (Å²) in [6.45, 7) is 4.07. The molecule has 0 saturated heterocycles. The van der Waals surface area contributed by atoms with E-state index in [1.165, 1.54) is 6.42 Å². The molecular formula is C9H15N3. The van der Waals surface area contributed by atoms with E-state index in [0.29, 0.717) is 5.69 Å². The number of nitrogen functional groups attached to an aromatic ring is 1.